The van der Waals surface area contributed by atoms with E-state index in [4.69, 9.17) is 11.6 Å². The van der Waals surface area contributed by atoms with E-state index in [0.717, 1.165) is 13.1 Å². The van der Waals surface area contributed by atoms with Crippen LogP contribution in [0.2, 0.25) is 0 Å². The monoisotopic (exact) mass is 171 g/mol. The summed E-state index contributed by atoms with van der Waals surface area (Å²) in [6, 6.07) is 0. The second kappa shape index (κ2) is 4.95. The third-order valence-corrected chi connectivity index (χ3v) is 2.04. The van der Waals surface area contributed by atoms with E-state index in [9.17, 15) is 0 Å². The Bertz CT molecular complexity index is 150. The summed E-state index contributed by atoms with van der Waals surface area (Å²) in [5.74, 6) is 5.36. The van der Waals surface area contributed by atoms with Crippen molar-refractivity contribution in [1.82, 2.24) is 10.3 Å². The summed E-state index contributed by atoms with van der Waals surface area (Å²) in [6.07, 6.45) is 2.63. The second-order valence-corrected chi connectivity index (χ2v) is 2.96. The van der Waals surface area contributed by atoms with Crippen molar-refractivity contribution >= 4 is 5.96 Å². The van der Waals surface area contributed by atoms with Crippen LogP contribution in [0.4, 0.5) is 0 Å². The predicted octanol–water partition coefficient (Wildman–Crippen LogP) is -1.14. The molecule has 0 spiro atoms. The van der Waals surface area contributed by atoms with Gasteiger partial charge in [-0.2, -0.15) is 0 Å². The van der Waals surface area contributed by atoms with Crippen molar-refractivity contribution in [3.05, 3.63) is 0 Å². The van der Waals surface area contributed by atoms with E-state index in [1.54, 1.807) is 0 Å². The quantitative estimate of drug-likeness (QED) is 0.217. The third-order valence-electron chi connectivity index (χ3n) is 2.04. The molecule has 0 aromatic heterocycles. The van der Waals surface area contributed by atoms with Crippen molar-refractivity contribution in [2.24, 2.45) is 16.6 Å². The normalized spacial score (nSPS) is 19.9. The number of nitrogens with zero attached hydrogens (tertiary/aromatic N) is 2. The summed E-state index contributed by atoms with van der Waals surface area (Å²) in [4.78, 5) is 6.41. The first-order valence-electron chi connectivity index (χ1n) is 4.32. The molecule has 0 saturated carbocycles. The zero-order valence-electron chi connectivity index (χ0n) is 7.29. The van der Waals surface area contributed by atoms with Crippen LogP contribution in [0.5, 0.6) is 0 Å². The van der Waals surface area contributed by atoms with Crippen LogP contribution in [0.3, 0.4) is 0 Å². The van der Waals surface area contributed by atoms with E-state index in [1.807, 2.05) is 0 Å². The van der Waals surface area contributed by atoms with Gasteiger partial charge in [0, 0.05) is 6.54 Å². The lowest BCUT2D eigenvalue weighted by molar-refractivity contribution is 0.349. The van der Waals surface area contributed by atoms with E-state index >= 15 is 0 Å². The molecule has 5 N–H and O–H groups in total. The van der Waals surface area contributed by atoms with Crippen LogP contribution in [0, 0.1) is 0 Å². The number of nitrogens with one attached hydrogen (secondary N) is 1. The Labute approximate surface area is 72.8 Å². The SMILES string of the molecule is NNC(N)=NCCN1CCCC1. The fourth-order valence-corrected chi connectivity index (χ4v) is 1.36. The molecule has 0 aromatic rings. The van der Waals surface area contributed by atoms with Crippen molar-refractivity contribution in [2.45, 2.75) is 12.8 Å². The smallest absolute Gasteiger partial charge is 0.203 e. The van der Waals surface area contributed by atoms with Crippen molar-refractivity contribution in [3.63, 3.8) is 0 Å². The van der Waals surface area contributed by atoms with E-state index < -0.39 is 0 Å². The van der Waals surface area contributed by atoms with Gasteiger partial charge in [0.05, 0.1) is 6.54 Å². The minimum absolute atomic E-state index is 0.314. The van der Waals surface area contributed by atoms with Gasteiger partial charge in [0.1, 0.15) is 0 Å². The molecule has 12 heavy (non-hydrogen) atoms. The number of aliphatic imine (C=N–C) groups is 1. The van der Waals surface area contributed by atoms with Gasteiger partial charge in [0.15, 0.2) is 0 Å². The Hall–Kier alpha value is -0.810. The number of likely N-dealkylation sites (tertiary alicyclic amines) is 1. The first kappa shape index (κ1) is 9.28. The van der Waals surface area contributed by atoms with E-state index in [-0.39, 0.29) is 0 Å². The van der Waals surface area contributed by atoms with Crippen LogP contribution in [-0.2, 0) is 0 Å². The maximum absolute atomic E-state index is 5.35. The summed E-state index contributed by atoms with van der Waals surface area (Å²) in [5, 5.41) is 0. The molecule has 5 nitrogen and oxygen atoms in total. The Morgan fingerprint density at radius 3 is 2.67 bits per heavy atom. The highest BCUT2D eigenvalue weighted by Gasteiger charge is 2.09. The van der Waals surface area contributed by atoms with Gasteiger partial charge in [0.25, 0.3) is 0 Å². The number of guanidine groups is 1. The Balaban J connectivity index is 2.08. The van der Waals surface area contributed by atoms with E-state index in [0.29, 0.717) is 5.96 Å². The lowest BCUT2D eigenvalue weighted by Gasteiger charge is -2.12. The molecule has 0 radical (unpaired) electrons. The summed E-state index contributed by atoms with van der Waals surface area (Å²) in [5.41, 5.74) is 7.65. The van der Waals surface area contributed by atoms with Crippen LogP contribution in [0.15, 0.2) is 4.99 Å². The van der Waals surface area contributed by atoms with E-state index in [2.05, 4.69) is 15.3 Å². The molecule has 1 rings (SSSR count). The van der Waals surface area contributed by atoms with Crippen molar-refractivity contribution in [1.29, 1.82) is 0 Å². The lowest BCUT2D eigenvalue weighted by atomic mass is 10.4. The standard InChI is InChI=1S/C7H17N5/c8-7(11-9)10-3-6-12-4-1-2-5-12/h1-6,9H2,(H3,8,10,11). The third kappa shape index (κ3) is 3.06. The first-order valence-corrected chi connectivity index (χ1v) is 4.32. The molecule has 1 fully saturated rings. The van der Waals surface area contributed by atoms with Gasteiger partial charge in [0.2, 0.25) is 5.96 Å². The first-order chi connectivity index (χ1) is 5.83. The lowest BCUT2D eigenvalue weighted by Crippen LogP contribution is -2.37. The maximum atomic E-state index is 5.35. The molecule has 1 saturated heterocycles. The summed E-state index contributed by atoms with van der Waals surface area (Å²) in [7, 11) is 0. The highest BCUT2D eigenvalue weighted by molar-refractivity contribution is 5.77. The van der Waals surface area contributed by atoms with Crippen molar-refractivity contribution in [3.8, 4) is 0 Å². The largest absolute Gasteiger partial charge is 0.369 e. The zero-order valence-corrected chi connectivity index (χ0v) is 7.29. The Morgan fingerprint density at radius 1 is 1.42 bits per heavy atom. The molecule has 0 atom stereocenters. The molecule has 0 aromatic carbocycles. The summed E-state index contributed by atoms with van der Waals surface area (Å²) >= 11 is 0. The van der Waals surface area contributed by atoms with Crippen molar-refractivity contribution in [2.75, 3.05) is 26.2 Å². The molecule has 0 amide bonds. The fraction of sp³-hybridized carbons (Fsp3) is 0.857. The Kier molecular flexibility index (Phi) is 3.83. The fourth-order valence-electron chi connectivity index (χ4n) is 1.36. The molecule has 1 aliphatic rings. The number of rotatable bonds is 3. The molecule has 0 unspecified atom stereocenters. The molecule has 0 aliphatic carbocycles. The number of hydrogen-bond acceptors (Lipinski definition) is 3. The van der Waals surface area contributed by atoms with Crippen LogP contribution >= 0.6 is 0 Å². The topological polar surface area (TPSA) is 79.7 Å². The summed E-state index contributed by atoms with van der Waals surface area (Å²) in [6.45, 7) is 4.12. The van der Waals surface area contributed by atoms with Crippen LogP contribution in [-0.4, -0.2) is 37.0 Å². The number of nitrogens with two attached hydrogens (primary N) is 2. The maximum Gasteiger partial charge on any atom is 0.203 e. The van der Waals surface area contributed by atoms with Gasteiger partial charge in [-0.3, -0.25) is 10.4 Å². The van der Waals surface area contributed by atoms with Gasteiger partial charge in [-0.1, -0.05) is 0 Å². The van der Waals surface area contributed by atoms with Crippen molar-refractivity contribution < 1.29 is 0 Å². The molecule has 1 aliphatic heterocycles. The molecule has 1 heterocycles. The minimum atomic E-state index is 0.314. The predicted molar refractivity (Wildman–Crippen MR) is 49.5 cm³/mol. The average molecular weight is 171 g/mol. The van der Waals surface area contributed by atoms with Gasteiger partial charge in [-0.15, -0.1) is 0 Å². The highest BCUT2D eigenvalue weighted by atomic mass is 15.3. The summed E-state index contributed by atoms with van der Waals surface area (Å²) < 4.78 is 0. The molecule has 5 heteroatoms. The number of hydrogen-bond donors (Lipinski definition) is 3. The van der Waals surface area contributed by atoms with Crippen LogP contribution in [0.25, 0.3) is 0 Å². The van der Waals surface area contributed by atoms with Gasteiger partial charge in [-0.05, 0) is 25.9 Å². The zero-order chi connectivity index (χ0) is 8.81. The average Bonchev–Trinajstić information content (AvgIpc) is 2.57. The molecule has 70 valence electrons. The minimum Gasteiger partial charge on any atom is -0.369 e. The van der Waals surface area contributed by atoms with Gasteiger partial charge in [-0.25, -0.2) is 5.84 Å². The van der Waals surface area contributed by atoms with Crippen LogP contribution < -0.4 is 17.0 Å². The number of hydrazine groups is 1. The van der Waals surface area contributed by atoms with Crippen LogP contribution in [0.1, 0.15) is 12.8 Å². The Morgan fingerprint density at radius 2 is 2.08 bits per heavy atom. The molecular formula is C7H17N5. The van der Waals surface area contributed by atoms with Gasteiger partial charge < -0.3 is 10.6 Å². The molecular weight excluding hydrogens is 154 g/mol. The van der Waals surface area contributed by atoms with Gasteiger partial charge >= 0.3 is 0 Å². The second-order valence-electron chi connectivity index (χ2n) is 2.96. The van der Waals surface area contributed by atoms with E-state index in [1.165, 1.54) is 25.9 Å². The highest BCUT2D eigenvalue weighted by Crippen LogP contribution is 2.05. The molecule has 0 bridgehead atoms.